The van der Waals surface area contributed by atoms with Gasteiger partial charge in [-0.1, -0.05) is 12.1 Å². The number of ether oxygens (including phenoxy) is 3. The molecular weight excluding hydrogens is 372 g/mol. The molecule has 0 N–H and O–H groups in total. The molecule has 29 heavy (non-hydrogen) atoms. The predicted octanol–water partition coefficient (Wildman–Crippen LogP) is 2.46. The van der Waals surface area contributed by atoms with Crippen molar-refractivity contribution in [3.8, 4) is 17.2 Å². The van der Waals surface area contributed by atoms with E-state index < -0.39 is 0 Å². The fraction of sp³-hybridized carbons (Fsp3) is 0.364. The van der Waals surface area contributed by atoms with Crippen molar-refractivity contribution in [3.05, 3.63) is 54.1 Å². The molecule has 1 saturated heterocycles. The van der Waals surface area contributed by atoms with Crippen LogP contribution in [0.1, 0.15) is 16.8 Å². The summed E-state index contributed by atoms with van der Waals surface area (Å²) < 4.78 is 16.0. The first-order valence-electron chi connectivity index (χ1n) is 9.59. The molecular formula is C22H26N2O5. The smallest absolute Gasteiger partial charge is 0.260 e. The van der Waals surface area contributed by atoms with Gasteiger partial charge in [-0.2, -0.15) is 0 Å². The summed E-state index contributed by atoms with van der Waals surface area (Å²) >= 11 is 0. The van der Waals surface area contributed by atoms with Crippen LogP contribution in [0.15, 0.2) is 48.5 Å². The molecule has 7 nitrogen and oxygen atoms in total. The Hall–Kier alpha value is -3.22. The predicted molar refractivity (Wildman–Crippen MR) is 109 cm³/mol. The van der Waals surface area contributed by atoms with Gasteiger partial charge >= 0.3 is 0 Å². The zero-order chi connectivity index (χ0) is 20.6. The zero-order valence-electron chi connectivity index (χ0n) is 16.8. The maximum absolute atomic E-state index is 12.8. The summed E-state index contributed by atoms with van der Waals surface area (Å²) in [5, 5.41) is 0. The molecule has 1 heterocycles. The van der Waals surface area contributed by atoms with Gasteiger partial charge in [-0.3, -0.25) is 9.59 Å². The van der Waals surface area contributed by atoms with E-state index in [-0.39, 0.29) is 18.4 Å². The van der Waals surface area contributed by atoms with Crippen molar-refractivity contribution in [2.75, 3.05) is 47.0 Å². The van der Waals surface area contributed by atoms with E-state index in [9.17, 15) is 9.59 Å². The molecule has 154 valence electrons. The highest BCUT2D eigenvalue weighted by Gasteiger charge is 2.23. The van der Waals surface area contributed by atoms with Gasteiger partial charge in [0.05, 0.1) is 14.2 Å². The quantitative estimate of drug-likeness (QED) is 0.748. The Kier molecular flexibility index (Phi) is 6.94. The van der Waals surface area contributed by atoms with E-state index in [1.54, 1.807) is 60.4 Å². The normalized spacial score (nSPS) is 14.1. The molecule has 0 unspecified atom stereocenters. The van der Waals surface area contributed by atoms with Crippen molar-refractivity contribution < 1.29 is 23.8 Å². The molecule has 2 aromatic rings. The number of nitrogens with zero attached hydrogens (tertiary/aromatic N) is 2. The summed E-state index contributed by atoms with van der Waals surface area (Å²) in [6, 6.07) is 14.3. The molecule has 0 aromatic heterocycles. The Morgan fingerprint density at radius 2 is 1.48 bits per heavy atom. The Balaban J connectivity index is 1.54. The summed E-state index contributed by atoms with van der Waals surface area (Å²) in [6.07, 6.45) is 0.724. The zero-order valence-corrected chi connectivity index (χ0v) is 16.8. The molecule has 1 aliphatic heterocycles. The molecule has 2 aromatic carbocycles. The van der Waals surface area contributed by atoms with Crippen LogP contribution in [0.3, 0.4) is 0 Å². The number of benzene rings is 2. The van der Waals surface area contributed by atoms with Crippen LogP contribution in [0.25, 0.3) is 0 Å². The second-order valence-corrected chi connectivity index (χ2v) is 6.69. The molecule has 1 aliphatic rings. The number of hydrogen-bond acceptors (Lipinski definition) is 5. The first-order chi connectivity index (χ1) is 14.1. The number of amides is 2. The van der Waals surface area contributed by atoms with Gasteiger partial charge in [0, 0.05) is 31.7 Å². The van der Waals surface area contributed by atoms with Gasteiger partial charge in [-0.25, -0.2) is 0 Å². The molecule has 0 aliphatic carbocycles. The Labute approximate surface area is 170 Å². The van der Waals surface area contributed by atoms with Crippen molar-refractivity contribution in [2.24, 2.45) is 0 Å². The topological polar surface area (TPSA) is 68.3 Å². The summed E-state index contributed by atoms with van der Waals surface area (Å²) in [5.74, 6) is 1.70. The molecule has 3 rings (SSSR count). The number of hydrogen-bond donors (Lipinski definition) is 0. The number of para-hydroxylation sites is 2. The number of methoxy groups -OCH3 is 2. The van der Waals surface area contributed by atoms with E-state index in [1.165, 1.54) is 0 Å². The van der Waals surface area contributed by atoms with Crippen LogP contribution in [-0.4, -0.2) is 68.6 Å². The van der Waals surface area contributed by atoms with Crippen LogP contribution < -0.4 is 14.2 Å². The van der Waals surface area contributed by atoms with E-state index in [2.05, 4.69) is 0 Å². The van der Waals surface area contributed by atoms with Gasteiger partial charge in [-0.15, -0.1) is 0 Å². The second-order valence-electron chi connectivity index (χ2n) is 6.69. The second kappa shape index (κ2) is 9.82. The van der Waals surface area contributed by atoms with E-state index in [4.69, 9.17) is 14.2 Å². The minimum atomic E-state index is -0.102. The standard InChI is InChI=1S/C22H26N2O5/c1-27-18-10-8-17(9-11-18)22(26)24-13-5-12-23(14-15-24)21(25)16-29-20-7-4-3-6-19(20)28-2/h3-4,6-11H,5,12-16H2,1-2H3. The molecule has 1 fully saturated rings. The average Bonchev–Trinajstić information content (AvgIpc) is 3.03. The summed E-state index contributed by atoms with van der Waals surface area (Å²) in [4.78, 5) is 28.9. The van der Waals surface area contributed by atoms with Gasteiger partial charge in [0.1, 0.15) is 5.75 Å². The summed E-state index contributed by atoms with van der Waals surface area (Å²) in [5.41, 5.74) is 0.616. The van der Waals surface area contributed by atoms with Crippen LogP contribution in [0.2, 0.25) is 0 Å². The van der Waals surface area contributed by atoms with Crippen molar-refractivity contribution in [3.63, 3.8) is 0 Å². The van der Waals surface area contributed by atoms with Gasteiger partial charge in [0.25, 0.3) is 11.8 Å². The number of rotatable bonds is 6. The lowest BCUT2D eigenvalue weighted by atomic mass is 10.2. The fourth-order valence-corrected chi connectivity index (χ4v) is 3.25. The molecule has 7 heteroatoms. The Bertz CT molecular complexity index is 837. The van der Waals surface area contributed by atoms with E-state index in [0.717, 1.165) is 6.42 Å². The molecule has 0 radical (unpaired) electrons. The minimum absolute atomic E-state index is 0.0350. The average molecular weight is 398 g/mol. The summed E-state index contributed by atoms with van der Waals surface area (Å²) in [6.45, 7) is 2.12. The lowest BCUT2D eigenvalue weighted by molar-refractivity contribution is -0.133. The lowest BCUT2D eigenvalue weighted by Crippen LogP contribution is -2.39. The maximum atomic E-state index is 12.8. The van der Waals surface area contributed by atoms with Crippen LogP contribution in [-0.2, 0) is 4.79 Å². The van der Waals surface area contributed by atoms with Gasteiger partial charge in [0.2, 0.25) is 0 Å². The van der Waals surface area contributed by atoms with Crippen molar-refractivity contribution in [1.82, 2.24) is 9.80 Å². The summed E-state index contributed by atoms with van der Waals surface area (Å²) in [7, 11) is 3.15. The first-order valence-corrected chi connectivity index (χ1v) is 9.59. The largest absolute Gasteiger partial charge is 0.497 e. The van der Waals surface area contributed by atoms with E-state index in [1.807, 2.05) is 12.1 Å². The third-order valence-electron chi connectivity index (χ3n) is 4.89. The monoisotopic (exact) mass is 398 g/mol. The van der Waals surface area contributed by atoms with Gasteiger partial charge in [-0.05, 0) is 42.8 Å². The molecule has 2 amide bonds. The van der Waals surface area contributed by atoms with Crippen molar-refractivity contribution >= 4 is 11.8 Å². The molecule has 0 bridgehead atoms. The first kappa shape index (κ1) is 20.5. The van der Waals surface area contributed by atoms with Crippen LogP contribution in [0.5, 0.6) is 17.2 Å². The molecule has 0 spiro atoms. The SMILES string of the molecule is COc1ccc(C(=O)N2CCCN(C(=O)COc3ccccc3OC)CC2)cc1. The minimum Gasteiger partial charge on any atom is -0.497 e. The van der Waals surface area contributed by atoms with Crippen LogP contribution in [0.4, 0.5) is 0 Å². The maximum Gasteiger partial charge on any atom is 0.260 e. The highest BCUT2D eigenvalue weighted by molar-refractivity contribution is 5.94. The van der Waals surface area contributed by atoms with Gasteiger partial charge in [0.15, 0.2) is 18.1 Å². The van der Waals surface area contributed by atoms with Crippen molar-refractivity contribution in [2.45, 2.75) is 6.42 Å². The van der Waals surface area contributed by atoms with Crippen molar-refractivity contribution in [1.29, 1.82) is 0 Å². The van der Waals surface area contributed by atoms with Crippen LogP contribution in [0, 0.1) is 0 Å². The number of carbonyl (C=O) groups is 2. The third-order valence-corrected chi connectivity index (χ3v) is 4.89. The highest BCUT2D eigenvalue weighted by atomic mass is 16.5. The van der Waals surface area contributed by atoms with Gasteiger partial charge < -0.3 is 24.0 Å². The lowest BCUT2D eigenvalue weighted by Gasteiger charge is -2.22. The highest BCUT2D eigenvalue weighted by Crippen LogP contribution is 2.25. The fourth-order valence-electron chi connectivity index (χ4n) is 3.25. The third kappa shape index (κ3) is 5.19. The number of carbonyl (C=O) groups excluding carboxylic acids is 2. The molecule has 0 atom stereocenters. The van der Waals surface area contributed by atoms with Crippen LogP contribution >= 0.6 is 0 Å². The van der Waals surface area contributed by atoms with E-state index in [0.29, 0.717) is 49.0 Å². The van der Waals surface area contributed by atoms with E-state index >= 15 is 0 Å². The Morgan fingerprint density at radius 3 is 2.17 bits per heavy atom. The molecule has 0 saturated carbocycles. The Morgan fingerprint density at radius 1 is 0.828 bits per heavy atom.